The molecule has 0 aromatic rings. The average Bonchev–Trinajstić information content (AvgIpc) is 1.91. The van der Waals surface area contributed by atoms with E-state index in [1.54, 1.807) is 13.0 Å². The van der Waals surface area contributed by atoms with Crippen molar-refractivity contribution in [1.82, 2.24) is 0 Å². The van der Waals surface area contributed by atoms with Crippen LogP contribution in [0.1, 0.15) is 13.3 Å². The van der Waals surface area contributed by atoms with Gasteiger partial charge in [0.15, 0.2) is 0 Å². The van der Waals surface area contributed by atoms with Gasteiger partial charge in [-0.25, -0.2) is 4.39 Å². The molecule has 2 heteroatoms. The first-order valence-electron chi connectivity index (χ1n) is 2.32. The molecule has 0 fully saturated rings. The SMILES string of the molecule is CC1=C(F)CC=C1.[Xe]. The second kappa shape index (κ2) is 3.90. The van der Waals surface area contributed by atoms with E-state index in [4.69, 9.17) is 0 Å². The van der Waals surface area contributed by atoms with Gasteiger partial charge in [0.25, 0.3) is 0 Å². The minimum atomic E-state index is 0. The maximum Gasteiger partial charge on any atom is 0.107 e. The summed E-state index contributed by atoms with van der Waals surface area (Å²) < 4.78 is 12.1. The smallest absolute Gasteiger partial charge is 0.107 e. The van der Waals surface area contributed by atoms with Crippen molar-refractivity contribution >= 4 is 0 Å². The summed E-state index contributed by atoms with van der Waals surface area (Å²) >= 11 is 0. The predicted octanol–water partition coefficient (Wildman–Crippen LogP) is 2.19. The molecular weight excluding hydrogens is 222 g/mol. The van der Waals surface area contributed by atoms with E-state index in [1.807, 2.05) is 6.08 Å². The van der Waals surface area contributed by atoms with Crippen molar-refractivity contribution in [3.63, 3.8) is 0 Å². The third-order valence-electron chi connectivity index (χ3n) is 1.09. The Balaban J connectivity index is 0.000000490. The molecule has 0 radical (unpaired) electrons. The number of allylic oxidation sites excluding steroid dienone is 4. The zero-order chi connectivity index (χ0) is 5.28. The molecule has 0 bridgehead atoms. The van der Waals surface area contributed by atoms with E-state index in [-0.39, 0.29) is 54.7 Å². The zero-order valence-electron chi connectivity index (χ0n) is 4.59. The summed E-state index contributed by atoms with van der Waals surface area (Å²) in [4.78, 5) is 0. The molecule has 0 spiro atoms. The Kier molecular flexibility index (Phi) is 4.38. The fourth-order valence-corrected chi connectivity index (χ4v) is 0.591. The normalized spacial score (nSPS) is 16.8. The summed E-state index contributed by atoms with van der Waals surface area (Å²) in [5.74, 6) is 0.0139. The van der Waals surface area contributed by atoms with Crippen LogP contribution in [0.25, 0.3) is 0 Å². The summed E-state index contributed by atoms with van der Waals surface area (Å²) in [6, 6.07) is 0. The van der Waals surface area contributed by atoms with Crippen LogP contribution in [0.3, 0.4) is 0 Å². The maximum atomic E-state index is 12.1. The molecule has 0 saturated heterocycles. The molecule has 46 valence electrons. The standard InChI is InChI=1S/C6H7F.Xe/c1-5-3-2-4-6(5)7;/h2-3H,4H2,1H3;. The van der Waals surface area contributed by atoms with Gasteiger partial charge in [0.1, 0.15) is 5.83 Å². The van der Waals surface area contributed by atoms with Crippen molar-refractivity contribution in [2.24, 2.45) is 0 Å². The summed E-state index contributed by atoms with van der Waals surface area (Å²) in [6.07, 6.45) is 4.13. The van der Waals surface area contributed by atoms with Gasteiger partial charge in [0.05, 0.1) is 0 Å². The Morgan fingerprint density at radius 3 is 2.38 bits per heavy atom. The Hall–Kier alpha value is 0.981. The van der Waals surface area contributed by atoms with Crippen molar-refractivity contribution in [3.8, 4) is 0 Å². The topological polar surface area (TPSA) is 0 Å². The summed E-state index contributed by atoms with van der Waals surface area (Å²) in [5.41, 5.74) is 0.778. The largest absolute Gasteiger partial charge is 0.211 e. The molecule has 1 aliphatic carbocycles. The molecule has 1 rings (SSSR count). The van der Waals surface area contributed by atoms with Crippen LogP contribution >= 0.6 is 0 Å². The first kappa shape index (κ1) is 8.98. The fraction of sp³-hybridized carbons (Fsp3) is 0.333. The van der Waals surface area contributed by atoms with E-state index in [1.165, 1.54) is 0 Å². The van der Waals surface area contributed by atoms with Crippen LogP contribution in [-0.4, -0.2) is 0 Å². The minimum absolute atomic E-state index is 0. The third kappa shape index (κ3) is 2.07. The van der Waals surface area contributed by atoms with Crippen LogP contribution in [0.2, 0.25) is 0 Å². The summed E-state index contributed by atoms with van der Waals surface area (Å²) in [5, 5.41) is 0. The Labute approximate surface area is 88.9 Å². The molecule has 1 aliphatic rings. The first-order chi connectivity index (χ1) is 3.30. The molecule has 0 aromatic carbocycles. The predicted molar refractivity (Wildman–Crippen MR) is 27.6 cm³/mol. The van der Waals surface area contributed by atoms with Crippen molar-refractivity contribution < 1.29 is 53.3 Å². The molecule has 0 aromatic heterocycles. The van der Waals surface area contributed by atoms with Crippen molar-refractivity contribution in [3.05, 3.63) is 23.6 Å². The Bertz CT molecular complexity index is 135. The van der Waals surface area contributed by atoms with Crippen LogP contribution in [0.4, 0.5) is 4.39 Å². The molecule has 0 nitrogen and oxygen atoms in total. The summed E-state index contributed by atoms with van der Waals surface area (Å²) in [7, 11) is 0. The second-order valence-corrected chi connectivity index (χ2v) is 1.69. The molecule has 0 unspecified atom stereocenters. The van der Waals surface area contributed by atoms with E-state index < -0.39 is 0 Å². The Morgan fingerprint density at radius 2 is 2.25 bits per heavy atom. The number of hydrogen-bond donors (Lipinski definition) is 0. The third-order valence-corrected chi connectivity index (χ3v) is 1.09. The minimum Gasteiger partial charge on any atom is -0.211 e. The molecule has 0 heterocycles. The van der Waals surface area contributed by atoms with E-state index in [9.17, 15) is 4.39 Å². The van der Waals surface area contributed by atoms with Gasteiger partial charge in [-0.1, -0.05) is 12.2 Å². The van der Waals surface area contributed by atoms with E-state index in [0.717, 1.165) is 5.57 Å². The molecule has 0 amide bonds. The molecule has 0 N–H and O–H groups in total. The number of rotatable bonds is 0. The van der Waals surface area contributed by atoms with Crippen molar-refractivity contribution in [2.45, 2.75) is 13.3 Å². The quantitative estimate of drug-likeness (QED) is 0.597. The van der Waals surface area contributed by atoms with E-state index >= 15 is 0 Å². The van der Waals surface area contributed by atoms with Crippen molar-refractivity contribution in [1.29, 1.82) is 0 Å². The van der Waals surface area contributed by atoms with Crippen LogP contribution < -0.4 is 0 Å². The fourth-order valence-electron chi connectivity index (χ4n) is 0.591. The average molecular weight is 229 g/mol. The van der Waals surface area contributed by atoms with E-state index in [0.29, 0.717) is 6.42 Å². The van der Waals surface area contributed by atoms with Gasteiger partial charge in [-0.15, -0.1) is 0 Å². The van der Waals surface area contributed by atoms with Gasteiger partial charge in [-0.05, 0) is 12.5 Å². The molecular formula is C6H7FXe. The van der Waals surface area contributed by atoms with Crippen LogP contribution in [0.5, 0.6) is 0 Å². The van der Waals surface area contributed by atoms with Crippen LogP contribution in [-0.2, 0) is 0 Å². The van der Waals surface area contributed by atoms with Gasteiger partial charge in [-0.3, -0.25) is 0 Å². The van der Waals surface area contributed by atoms with E-state index in [2.05, 4.69) is 0 Å². The zero-order valence-corrected chi connectivity index (χ0v) is 6.61. The van der Waals surface area contributed by atoms with Gasteiger partial charge in [0.2, 0.25) is 0 Å². The molecule has 8 heavy (non-hydrogen) atoms. The molecule has 0 saturated carbocycles. The second-order valence-electron chi connectivity index (χ2n) is 1.69. The first-order valence-corrected chi connectivity index (χ1v) is 2.32. The van der Waals surface area contributed by atoms with Gasteiger partial charge < -0.3 is 0 Å². The van der Waals surface area contributed by atoms with Gasteiger partial charge in [-0.2, -0.15) is 0 Å². The maximum absolute atomic E-state index is 12.1. The number of hydrogen-bond acceptors (Lipinski definition) is 0. The Morgan fingerprint density at radius 1 is 1.62 bits per heavy atom. The molecule has 0 atom stereocenters. The van der Waals surface area contributed by atoms with Crippen LogP contribution in [0.15, 0.2) is 23.6 Å². The monoisotopic (exact) mass is 230 g/mol. The van der Waals surface area contributed by atoms with Gasteiger partial charge in [0, 0.05) is 55.3 Å². The number of halogens is 1. The van der Waals surface area contributed by atoms with Crippen molar-refractivity contribution in [2.75, 3.05) is 0 Å². The molecule has 0 aliphatic heterocycles. The van der Waals surface area contributed by atoms with Crippen LogP contribution in [0, 0.1) is 48.9 Å². The summed E-state index contributed by atoms with van der Waals surface area (Å²) in [6.45, 7) is 1.78. The van der Waals surface area contributed by atoms with Gasteiger partial charge >= 0.3 is 0 Å².